The molecule has 3 aromatic rings. The van der Waals surface area contributed by atoms with E-state index in [4.69, 9.17) is 31.8 Å². The molecule has 0 aliphatic carbocycles. The third-order valence-electron chi connectivity index (χ3n) is 5.06. The topological polar surface area (TPSA) is 118 Å². The molecule has 3 rings (SSSR count). The van der Waals surface area contributed by atoms with Gasteiger partial charge in [-0.1, -0.05) is 32.9 Å². The fourth-order valence-electron chi connectivity index (χ4n) is 3.16. The van der Waals surface area contributed by atoms with E-state index < -0.39 is 0 Å². The Morgan fingerprint density at radius 1 is 0.688 bits per heavy atom. The number of rotatable bonds is 8. The average Bonchev–Trinajstić information content (AvgIpc) is 2.76. The van der Waals surface area contributed by atoms with Crippen LogP contribution in [0.5, 0.6) is 11.5 Å². The molecule has 0 heterocycles. The number of nitrogens with two attached hydrogens (primary N) is 2. The van der Waals surface area contributed by atoms with Crippen LogP contribution >= 0.6 is 0 Å². The largest absolute Gasteiger partial charge is 0.489 e. The SMILES string of the molecule is CC(C)(C)c1cc(COc2ccc(C(=N)N)cc2)cc(COc2ccc(C(=N)N)cc2)c1. The molecule has 0 amide bonds. The fraction of sp³-hybridized carbons (Fsp3) is 0.231. The van der Waals surface area contributed by atoms with Crippen LogP contribution in [0.4, 0.5) is 0 Å². The highest BCUT2D eigenvalue weighted by Crippen LogP contribution is 2.26. The second-order valence-electron chi connectivity index (χ2n) is 8.74. The lowest BCUT2D eigenvalue weighted by atomic mass is 9.85. The lowest BCUT2D eigenvalue weighted by molar-refractivity contribution is 0.299. The Kier molecular flexibility index (Phi) is 6.83. The van der Waals surface area contributed by atoms with E-state index in [0.29, 0.717) is 24.3 Å². The summed E-state index contributed by atoms with van der Waals surface area (Å²) >= 11 is 0. The van der Waals surface area contributed by atoms with Crippen molar-refractivity contribution in [2.45, 2.75) is 39.4 Å². The van der Waals surface area contributed by atoms with E-state index in [0.717, 1.165) is 22.6 Å². The molecule has 0 fully saturated rings. The van der Waals surface area contributed by atoms with Crippen LogP contribution in [0.25, 0.3) is 0 Å². The van der Waals surface area contributed by atoms with Crippen molar-refractivity contribution in [2.24, 2.45) is 11.5 Å². The summed E-state index contributed by atoms with van der Waals surface area (Å²) < 4.78 is 11.9. The monoisotopic (exact) mass is 430 g/mol. The molecule has 0 unspecified atom stereocenters. The number of benzene rings is 3. The molecular weight excluding hydrogens is 400 g/mol. The van der Waals surface area contributed by atoms with Gasteiger partial charge in [0.25, 0.3) is 0 Å². The molecule has 0 spiro atoms. The van der Waals surface area contributed by atoms with Gasteiger partial charge in [0, 0.05) is 11.1 Å². The van der Waals surface area contributed by atoms with Crippen LogP contribution in [-0.2, 0) is 18.6 Å². The summed E-state index contributed by atoms with van der Waals surface area (Å²) in [5, 5.41) is 15.0. The first-order chi connectivity index (χ1) is 15.1. The summed E-state index contributed by atoms with van der Waals surface area (Å²) in [6.45, 7) is 7.38. The second-order valence-corrected chi connectivity index (χ2v) is 8.74. The quantitative estimate of drug-likeness (QED) is 0.306. The predicted octanol–water partition coefficient (Wildman–Crippen LogP) is 4.71. The van der Waals surface area contributed by atoms with Crippen molar-refractivity contribution < 1.29 is 9.47 Å². The van der Waals surface area contributed by atoms with Gasteiger partial charge in [0.05, 0.1) is 0 Å². The lowest BCUT2D eigenvalue weighted by Gasteiger charge is -2.22. The smallest absolute Gasteiger partial charge is 0.122 e. The second kappa shape index (κ2) is 9.56. The van der Waals surface area contributed by atoms with Crippen molar-refractivity contribution in [1.82, 2.24) is 0 Å². The normalized spacial score (nSPS) is 11.1. The van der Waals surface area contributed by atoms with Gasteiger partial charge in [0.15, 0.2) is 0 Å². The zero-order valence-corrected chi connectivity index (χ0v) is 18.7. The van der Waals surface area contributed by atoms with Crippen LogP contribution in [0.15, 0.2) is 66.7 Å². The number of hydrogen-bond acceptors (Lipinski definition) is 4. The summed E-state index contributed by atoms with van der Waals surface area (Å²) in [6.07, 6.45) is 0. The number of ether oxygens (including phenoxy) is 2. The van der Waals surface area contributed by atoms with Crippen molar-refractivity contribution in [3.8, 4) is 11.5 Å². The van der Waals surface area contributed by atoms with Gasteiger partial charge in [-0.2, -0.15) is 0 Å². The molecule has 0 bridgehead atoms. The van der Waals surface area contributed by atoms with Crippen LogP contribution in [0.1, 0.15) is 48.6 Å². The van der Waals surface area contributed by atoms with Gasteiger partial charge in [-0.05, 0) is 76.7 Å². The molecule has 6 nitrogen and oxygen atoms in total. The zero-order chi connectivity index (χ0) is 23.3. The van der Waals surface area contributed by atoms with E-state index in [-0.39, 0.29) is 17.1 Å². The van der Waals surface area contributed by atoms with Gasteiger partial charge in [-0.25, -0.2) is 0 Å². The predicted molar refractivity (Wildman–Crippen MR) is 129 cm³/mol. The molecule has 0 saturated carbocycles. The molecule has 0 aromatic heterocycles. The van der Waals surface area contributed by atoms with Crippen molar-refractivity contribution in [1.29, 1.82) is 10.8 Å². The van der Waals surface area contributed by atoms with Crippen molar-refractivity contribution in [3.05, 3.63) is 94.5 Å². The number of amidine groups is 2. The third-order valence-corrected chi connectivity index (χ3v) is 5.06. The summed E-state index contributed by atoms with van der Waals surface area (Å²) in [4.78, 5) is 0. The van der Waals surface area contributed by atoms with Crippen molar-refractivity contribution in [3.63, 3.8) is 0 Å². The molecular formula is C26H30N4O2. The van der Waals surface area contributed by atoms with Gasteiger partial charge in [-0.15, -0.1) is 0 Å². The highest BCUT2D eigenvalue weighted by molar-refractivity contribution is 5.95. The number of nitrogen functional groups attached to an aromatic ring is 2. The molecule has 0 aliphatic rings. The van der Waals surface area contributed by atoms with Crippen LogP contribution in [0.2, 0.25) is 0 Å². The Bertz CT molecular complexity index is 1020. The molecule has 3 aromatic carbocycles. The Morgan fingerprint density at radius 3 is 1.38 bits per heavy atom. The molecule has 6 heteroatoms. The first-order valence-electron chi connectivity index (χ1n) is 10.4. The van der Waals surface area contributed by atoms with E-state index in [1.807, 2.05) is 24.3 Å². The third kappa shape index (κ3) is 6.11. The van der Waals surface area contributed by atoms with Gasteiger partial charge in [-0.3, -0.25) is 10.8 Å². The van der Waals surface area contributed by atoms with Crippen LogP contribution in [0.3, 0.4) is 0 Å². The van der Waals surface area contributed by atoms with Crippen LogP contribution < -0.4 is 20.9 Å². The van der Waals surface area contributed by atoms with Crippen LogP contribution in [0, 0.1) is 10.8 Å². The Labute approximate surface area is 189 Å². The average molecular weight is 431 g/mol. The Balaban J connectivity index is 1.74. The first kappa shape index (κ1) is 22.9. The van der Waals surface area contributed by atoms with Gasteiger partial charge >= 0.3 is 0 Å². The maximum atomic E-state index is 7.49. The highest BCUT2D eigenvalue weighted by Gasteiger charge is 2.16. The maximum Gasteiger partial charge on any atom is 0.122 e. The van der Waals surface area contributed by atoms with E-state index in [9.17, 15) is 0 Å². The lowest BCUT2D eigenvalue weighted by Crippen LogP contribution is -2.13. The minimum absolute atomic E-state index is 0.0168. The highest BCUT2D eigenvalue weighted by atomic mass is 16.5. The first-order valence-corrected chi connectivity index (χ1v) is 10.4. The Hall–Kier alpha value is -3.80. The van der Waals surface area contributed by atoms with Crippen molar-refractivity contribution in [2.75, 3.05) is 0 Å². The van der Waals surface area contributed by atoms with Gasteiger partial charge in [0.2, 0.25) is 0 Å². The molecule has 0 radical (unpaired) electrons. The van der Waals surface area contributed by atoms with E-state index in [2.05, 4.69) is 39.0 Å². The summed E-state index contributed by atoms with van der Waals surface area (Å²) in [7, 11) is 0. The summed E-state index contributed by atoms with van der Waals surface area (Å²) in [5.74, 6) is 1.52. The minimum atomic E-state index is -0.0168. The Morgan fingerprint density at radius 2 is 1.06 bits per heavy atom. The molecule has 32 heavy (non-hydrogen) atoms. The molecule has 0 saturated heterocycles. The summed E-state index contributed by atoms with van der Waals surface area (Å²) in [6, 6.07) is 20.8. The zero-order valence-electron chi connectivity index (χ0n) is 18.7. The standard InChI is InChI=1S/C26H30N4O2/c1-26(2,3)21-13-17(15-31-22-8-4-19(5-9-22)24(27)28)12-18(14-21)16-32-23-10-6-20(7-11-23)25(29)30/h4-14H,15-16H2,1-3H3,(H3,27,28)(H3,29,30). The molecule has 0 aliphatic heterocycles. The van der Waals surface area contributed by atoms with E-state index >= 15 is 0 Å². The molecule has 166 valence electrons. The number of hydrogen-bond donors (Lipinski definition) is 4. The van der Waals surface area contributed by atoms with Crippen molar-refractivity contribution >= 4 is 11.7 Å². The van der Waals surface area contributed by atoms with Crippen LogP contribution in [-0.4, -0.2) is 11.7 Å². The molecule has 0 atom stereocenters. The van der Waals surface area contributed by atoms with E-state index in [1.54, 1.807) is 24.3 Å². The van der Waals surface area contributed by atoms with Gasteiger partial charge < -0.3 is 20.9 Å². The van der Waals surface area contributed by atoms with E-state index in [1.165, 1.54) is 5.56 Å². The van der Waals surface area contributed by atoms with Gasteiger partial charge in [0.1, 0.15) is 36.4 Å². The number of nitrogens with one attached hydrogen (secondary N) is 2. The molecule has 6 N–H and O–H groups in total. The maximum absolute atomic E-state index is 7.49. The fourth-order valence-corrected chi connectivity index (χ4v) is 3.16. The summed E-state index contributed by atoms with van der Waals surface area (Å²) in [5.41, 5.74) is 15.7. The minimum Gasteiger partial charge on any atom is -0.489 e.